The Morgan fingerprint density at radius 2 is 1.96 bits per heavy atom. The molecule has 2 N–H and O–H groups in total. The molecule has 1 aliphatic carbocycles. The second-order valence-electron chi connectivity index (χ2n) is 6.26. The summed E-state index contributed by atoms with van der Waals surface area (Å²) in [5, 5.41) is 17.2. The molecule has 3 rings (SSSR count). The zero-order valence-corrected chi connectivity index (χ0v) is 14.5. The third-order valence-electron chi connectivity index (χ3n) is 4.25. The van der Waals surface area contributed by atoms with Gasteiger partial charge in [0.05, 0.1) is 12.0 Å². The lowest BCUT2D eigenvalue weighted by molar-refractivity contribution is -0.384. The Labute approximate surface area is 151 Å². The van der Waals surface area contributed by atoms with E-state index in [1.807, 2.05) is 24.3 Å². The summed E-state index contributed by atoms with van der Waals surface area (Å²) in [6.45, 7) is 0.445. The quantitative estimate of drug-likeness (QED) is 0.560. The number of nitro benzene ring substituents is 1. The van der Waals surface area contributed by atoms with E-state index in [2.05, 4.69) is 10.6 Å². The van der Waals surface area contributed by atoms with E-state index in [9.17, 15) is 14.9 Å². The molecule has 26 heavy (non-hydrogen) atoms. The Bertz CT molecular complexity index is 801. The molecule has 7 nitrogen and oxygen atoms in total. The molecule has 0 heterocycles. The summed E-state index contributed by atoms with van der Waals surface area (Å²) in [5.74, 6) is 0.463. The van der Waals surface area contributed by atoms with Crippen molar-refractivity contribution in [1.82, 2.24) is 5.32 Å². The van der Waals surface area contributed by atoms with E-state index in [0.29, 0.717) is 24.7 Å². The highest BCUT2D eigenvalue weighted by molar-refractivity contribution is 5.95. The van der Waals surface area contributed by atoms with Crippen LogP contribution in [-0.2, 0) is 6.42 Å². The number of carbonyl (C=O) groups excluding carboxylic acids is 1. The van der Waals surface area contributed by atoms with E-state index in [1.165, 1.54) is 6.07 Å². The number of nitro groups is 1. The van der Waals surface area contributed by atoms with Gasteiger partial charge < -0.3 is 15.4 Å². The Balaban J connectivity index is 1.59. The molecule has 0 spiro atoms. The first-order chi connectivity index (χ1) is 12.6. The van der Waals surface area contributed by atoms with E-state index < -0.39 is 4.92 Å². The average Bonchev–Trinajstić information content (AvgIpc) is 3.46. The third kappa shape index (κ3) is 4.50. The minimum Gasteiger partial charge on any atom is -0.497 e. The van der Waals surface area contributed by atoms with Crippen LogP contribution < -0.4 is 15.4 Å². The van der Waals surface area contributed by atoms with Crippen LogP contribution in [0.4, 0.5) is 11.4 Å². The number of nitrogens with one attached hydrogen (secondary N) is 2. The van der Waals surface area contributed by atoms with Crippen LogP contribution in [0.5, 0.6) is 5.75 Å². The van der Waals surface area contributed by atoms with Gasteiger partial charge in [-0.15, -0.1) is 0 Å². The zero-order valence-electron chi connectivity index (χ0n) is 14.5. The van der Waals surface area contributed by atoms with Gasteiger partial charge in [0.25, 0.3) is 11.6 Å². The SMILES string of the molecule is COc1ccc(CCNC(=O)c2ccc(NC3CC3)c([N+](=O)[O-])c2)cc1. The number of benzene rings is 2. The smallest absolute Gasteiger partial charge is 0.293 e. The Kier molecular flexibility index (Phi) is 5.36. The molecule has 1 amide bonds. The van der Waals surface area contributed by atoms with Crippen molar-refractivity contribution in [1.29, 1.82) is 0 Å². The Morgan fingerprint density at radius 1 is 1.23 bits per heavy atom. The van der Waals surface area contributed by atoms with Crippen LogP contribution in [0.15, 0.2) is 42.5 Å². The third-order valence-corrected chi connectivity index (χ3v) is 4.25. The maximum atomic E-state index is 12.3. The summed E-state index contributed by atoms with van der Waals surface area (Å²) in [6.07, 6.45) is 2.70. The van der Waals surface area contributed by atoms with Gasteiger partial charge in [-0.3, -0.25) is 14.9 Å². The molecular formula is C19H21N3O4. The van der Waals surface area contributed by atoms with Gasteiger partial charge in [0.2, 0.25) is 0 Å². The molecule has 1 fully saturated rings. The van der Waals surface area contributed by atoms with E-state index in [4.69, 9.17) is 4.74 Å². The Hall–Kier alpha value is -3.09. The van der Waals surface area contributed by atoms with E-state index >= 15 is 0 Å². The highest BCUT2D eigenvalue weighted by atomic mass is 16.6. The predicted molar refractivity (Wildman–Crippen MR) is 98.8 cm³/mol. The fourth-order valence-electron chi connectivity index (χ4n) is 2.61. The second kappa shape index (κ2) is 7.86. The fourth-order valence-corrected chi connectivity index (χ4v) is 2.61. The fraction of sp³-hybridized carbons (Fsp3) is 0.316. The molecule has 1 aliphatic rings. The number of hydrogen-bond donors (Lipinski definition) is 2. The van der Waals surface area contributed by atoms with Crippen LogP contribution >= 0.6 is 0 Å². The van der Waals surface area contributed by atoms with Crippen molar-refractivity contribution in [2.75, 3.05) is 19.0 Å². The van der Waals surface area contributed by atoms with Gasteiger partial charge >= 0.3 is 0 Å². The van der Waals surface area contributed by atoms with Gasteiger partial charge in [0, 0.05) is 24.2 Å². The second-order valence-corrected chi connectivity index (χ2v) is 6.26. The summed E-state index contributed by atoms with van der Waals surface area (Å²) in [6, 6.07) is 12.5. The standard InChI is InChI=1S/C19H21N3O4/c1-26-16-7-2-13(3-8-16)10-11-20-19(23)14-4-9-17(21-15-5-6-15)18(12-14)22(24)25/h2-4,7-9,12,15,21H,5-6,10-11H2,1H3,(H,20,23). The van der Waals surface area contributed by atoms with Crippen molar-refractivity contribution in [3.8, 4) is 5.75 Å². The first-order valence-corrected chi connectivity index (χ1v) is 8.53. The molecule has 0 atom stereocenters. The number of ether oxygens (including phenoxy) is 1. The first-order valence-electron chi connectivity index (χ1n) is 8.53. The highest BCUT2D eigenvalue weighted by Crippen LogP contribution is 2.31. The molecule has 0 aliphatic heterocycles. The van der Waals surface area contributed by atoms with Gasteiger partial charge in [-0.1, -0.05) is 12.1 Å². The molecule has 0 radical (unpaired) electrons. The van der Waals surface area contributed by atoms with Gasteiger partial charge in [0.15, 0.2) is 0 Å². The maximum Gasteiger partial charge on any atom is 0.293 e. The minimum atomic E-state index is -0.459. The lowest BCUT2D eigenvalue weighted by atomic mass is 10.1. The minimum absolute atomic E-state index is 0.0697. The summed E-state index contributed by atoms with van der Waals surface area (Å²) < 4.78 is 5.11. The van der Waals surface area contributed by atoms with Crippen molar-refractivity contribution in [3.05, 3.63) is 63.7 Å². The zero-order chi connectivity index (χ0) is 18.5. The molecule has 0 saturated heterocycles. The topological polar surface area (TPSA) is 93.5 Å². The highest BCUT2D eigenvalue weighted by Gasteiger charge is 2.25. The molecular weight excluding hydrogens is 334 g/mol. The summed E-state index contributed by atoms with van der Waals surface area (Å²) >= 11 is 0. The lowest BCUT2D eigenvalue weighted by Gasteiger charge is -2.09. The average molecular weight is 355 g/mol. The molecule has 0 bridgehead atoms. The maximum absolute atomic E-state index is 12.3. The van der Waals surface area contributed by atoms with Gasteiger partial charge in [0.1, 0.15) is 11.4 Å². The van der Waals surface area contributed by atoms with Crippen molar-refractivity contribution in [2.45, 2.75) is 25.3 Å². The normalized spacial score (nSPS) is 13.1. The van der Waals surface area contributed by atoms with Crippen LogP contribution in [0.2, 0.25) is 0 Å². The molecule has 7 heteroatoms. The molecule has 0 unspecified atom stereocenters. The van der Waals surface area contributed by atoms with Crippen LogP contribution in [0, 0.1) is 10.1 Å². The molecule has 1 saturated carbocycles. The number of anilines is 1. The number of rotatable bonds is 8. The lowest BCUT2D eigenvalue weighted by Crippen LogP contribution is -2.25. The number of amides is 1. The van der Waals surface area contributed by atoms with Gasteiger partial charge in [-0.05, 0) is 49.1 Å². The van der Waals surface area contributed by atoms with Crippen LogP contribution in [0.1, 0.15) is 28.8 Å². The molecule has 0 aromatic heterocycles. The predicted octanol–water partition coefficient (Wildman–Crippen LogP) is 3.15. The molecule has 2 aromatic carbocycles. The largest absolute Gasteiger partial charge is 0.497 e. The summed E-state index contributed by atoms with van der Waals surface area (Å²) in [7, 11) is 1.61. The van der Waals surface area contributed by atoms with Crippen molar-refractivity contribution < 1.29 is 14.5 Å². The van der Waals surface area contributed by atoms with Gasteiger partial charge in [-0.25, -0.2) is 0 Å². The number of hydrogen-bond acceptors (Lipinski definition) is 5. The van der Waals surface area contributed by atoms with E-state index in [-0.39, 0.29) is 17.2 Å². The van der Waals surface area contributed by atoms with Crippen molar-refractivity contribution >= 4 is 17.3 Å². The number of nitrogens with zero attached hydrogens (tertiary/aromatic N) is 1. The number of carbonyl (C=O) groups is 1. The van der Waals surface area contributed by atoms with Crippen molar-refractivity contribution in [2.24, 2.45) is 0 Å². The summed E-state index contributed by atoms with van der Waals surface area (Å²) in [5.41, 5.74) is 1.75. The van der Waals surface area contributed by atoms with Crippen LogP contribution in [0.3, 0.4) is 0 Å². The van der Waals surface area contributed by atoms with E-state index in [0.717, 1.165) is 24.2 Å². The summed E-state index contributed by atoms with van der Waals surface area (Å²) in [4.78, 5) is 23.1. The molecule has 2 aromatic rings. The molecule has 136 valence electrons. The van der Waals surface area contributed by atoms with Crippen LogP contribution in [-0.4, -0.2) is 30.5 Å². The first kappa shape index (κ1) is 17.7. The van der Waals surface area contributed by atoms with Crippen molar-refractivity contribution in [3.63, 3.8) is 0 Å². The number of methoxy groups -OCH3 is 1. The monoisotopic (exact) mass is 355 g/mol. The Morgan fingerprint density at radius 3 is 2.58 bits per heavy atom. The van der Waals surface area contributed by atoms with E-state index in [1.54, 1.807) is 19.2 Å². The van der Waals surface area contributed by atoms with Crippen LogP contribution in [0.25, 0.3) is 0 Å². The van der Waals surface area contributed by atoms with Gasteiger partial charge in [-0.2, -0.15) is 0 Å².